The molecule has 0 aliphatic rings. The number of anilines is 1. The van der Waals surface area contributed by atoms with Crippen LogP contribution in [0.5, 0.6) is 5.75 Å². The molecule has 7 heteroatoms. The Labute approximate surface area is 196 Å². The van der Waals surface area contributed by atoms with Crippen molar-refractivity contribution < 1.29 is 19.1 Å². The molecule has 0 saturated carbocycles. The van der Waals surface area contributed by atoms with Gasteiger partial charge in [-0.1, -0.05) is 48.0 Å². The molecule has 4 rings (SSSR count). The van der Waals surface area contributed by atoms with Crippen LogP contribution in [0.4, 0.5) is 5.69 Å². The molecule has 0 aliphatic carbocycles. The Kier molecular flexibility index (Phi) is 6.84. The molecule has 0 atom stereocenters. The van der Waals surface area contributed by atoms with E-state index in [4.69, 9.17) is 4.74 Å². The van der Waals surface area contributed by atoms with Gasteiger partial charge in [0.1, 0.15) is 5.75 Å². The monoisotopic (exact) mass is 453 g/mol. The highest BCUT2D eigenvalue weighted by Gasteiger charge is 2.10. The Morgan fingerprint density at radius 1 is 0.706 bits per heavy atom. The molecule has 0 fully saturated rings. The number of carbonyl (C=O) groups excluding carboxylic acids is 3. The lowest BCUT2D eigenvalue weighted by molar-refractivity contribution is -0.123. The Bertz CT molecular complexity index is 1350. The lowest BCUT2D eigenvalue weighted by atomic mass is 10.1. The van der Waals surface area contributed by atoms with Gasteiger partial charge in [0.25, 0.3) is 17.7 Å². The first kappa shape index (κ1) is 22.5. The third-order valence-electron chi connectivity index (χ3n) is 5.09. The van der Waals surface area contributed by atoms with E-state index in [1.54, 1.807) is 42.5 Å². The number of benzene rings is 4. The average molecular weight is 453 g/mol. The Morgan fingerprint density at radius 3 is 2.24 bits per heavy atom. The van der Waals surface area contributed by atoms with Gasteiger partial charge in [0.05, 0.1) is 0 Å². The molecule has 7 nitrogen and oxygen atoms in total. The molecule has 0 aliphatic heterocycles. The predicted octanol–water partition coefficient (Wildman–Crippen LogP) is 4.24. The van der Waals surface area contributed by atoms with E-state index in [1.165, 1.54) is 0 Å². The maximum absolute atomic E-state index is 12.3. The van der Waals surface area contributed by atoms with Gasteiger partial charge in [0, 0.05) is 16.8 Å². The lowest BCUT2D eigenvalue weighted by Crippen LogP contribution is -2.43. The molecular formula is C27H23N3O4. The number of ether oxygens (including phenoxy) is 1. The predicted molar refractivity (Wildman–Crippen MR) is 131 cm³/mol. The van der Waals surface area contributed by atoms with E-state index in [1.807, 2.05) is 55.5 Å². The fourth-order valence-corrected chi connectivity index (χ4v) is 3.34. The Morgan fingerprint density at radius 2 is 1.47 bits per heavy atom. The average Bonchev–Trinajstić information content (AvgIpc) is 2.86. The van der Waals surface area contributed by atoms with Crippen molar-refractivity contribution in [3.63, 3.8) is 0 Å². The normalized spacial score (nSPS) is 10.4. The van der Waals surface area contributed by atoms with Crippen molar-refractivity contribution in [2.24, 2.45) is 0 Å². The SMILES string of the molecule is Cc1cccc(C(=O)Nc2ccc(C(=O)NNC(=O)COc3ccc4ccccc4c3)cc2)c1. The minimum atomic E-state index is -0.497. The first-order valence-electron chi connectivity index (χ1n) is 10.7. The van der Waals surface area contributed by atoms with Gasteiger partial charge in [0.15, 0.2) is 6.61 Å². The van der Waals surface area contributed by atoms with Crippen LogP contribution in [-0.2, 0) is 4.79 Å². The van der Waals surface area contributed by atoms with Gasteiger partial charge in [0.2, 0.25) is 0 Å². The van der Waals surface area contributed by atoms with E-state index in [0.29, 0.717) is 22.6 Å². The number of hydrazine groups is 1. The van der Waals surface area contributed by atoms with Crippen LogP contribution >= 0.6 is 0 Å². The number of aryl methyl sites for hydroxylation is 1. The van der Waals surface area contributed by atoms with E-state index < -0.39 is 11.8 Å². The number of hydrogen-bond acceptors (Lipinski definition) is 4. The third-order valence-corrected chi connectivity index (χ3v) is 5.09. The van der Waals surface area contributed by atoms with Crippen molar-refractivity contribution in [3.8, 4) is 5.75 Å². The highest BCUT2D eigenvalue weighted by molar-refractivity contribution is 6.04. The molecule has 0 aromatic heterocycles. The highest BCUT2D eigenvalue weighted by Crippen LogP contribution is 2.20. The zero-order valence-electron chi connectivity index (χ0n) is 18.5. The number of nitrogens with one attached hydrogen (secondary N) is 3. The molecule has 0 bridgehead atoms. The fourth-order valence-electron chi connectivity index (χ4n) is 3.34. The molecule has 3 N–H and O–H groups in total. The van der Waals surface area contributed by atoms with Crippen molar-refractivity contribution in [1.29, 1.82) is 0 Å². The first-order valence-corrected chi connectivity index (χ1v) is 10.7. The van der Waals surface area contributed by atoms with Gasteiger partial charge < -0.3 is 10.1 Å². The van der Waals surface area contributed by atoms with Crippen LogP contribution in [0.2, 0.25) is 0 Å². The quantitative estimate of drug-likeness (QED) is 0.381. The molecule has 0 unspecified atom stereocenters. The van der Waals surface area contributed by atoms with Crippen LogP contribution in [0.1, 0.15) is 26.3 Å². The largest absolute Gasteiger partial charge is 0.484 e. The summed E-state index contributed by atoms with van der Waals surface area (Å²) >= 11 is 0. The number of hydrogen-bond donors (Lipinski definition) is 3. The highest BCUT2D eigenvalue weighted by atomic mass is 16.5. The maximum Gasteiger partial charge on any atom is 0.276 e. The number of carbonyl (C=O) groups is 3. The molecule has 4 aromatic carbocycles. The van der Waals surface area contributed by atoms with Crippen molar-refractivity contribution in [1.82, 2.24) is 10.9 Å². The van der Waals surface area contributed by atoms with Gasteiger partial charge >= 0.3 is 0 Å². The van der Waals surface area contributed by atoms with Crippen molar-refractivity contribution in [2.75, 3.05) is 11.9 Å². The van der Waals surface area contributed by atoms with Crippen LogP contribution in [0.15, 0.2) is 91.0 Å². The summed E-state index contributed by atoms with van der Waals surface area (Å²) in [5.41, 5.74) is 7.10. The maximum atomic E-state index is 12.3. The molecule has 0 radical (unpaired) electrons. The third kappa shape index (κ3) is 5.77. The molecule has 4 aromatic rings. The summed E-state index contributed by atoms with van der Waals surface area (Å²) in [7, 11) is 0. The van der Waals surface area contributed by atoms with Crippen molar-refractivity contribution in [2.45, 2.75) is 6.92 Å². The van der Waals surface area contributed by atoms with Crippen LogP contribution < -0.4 is 20.9 Å². The van der Waals surface area contributed by atoms with Gasteiger partial charge in [-0.25, -0.2) is 0 Å². The minimum Gasteiger partial charge on any atom is -0.484 e. The van der Waals surface area contributed by atoms with E-state index in [-0.39, 0.29) is 12.5 Å². The van der Waals surface area contributed by atoms with E-state index in [2.05, 4.69) is 16.2 Å². The van der Waals surface area contributed by atoms with Gasteiger partial charge in [-0.3, -0.25) is 25.2 Å². The molecule has 3 amide bonds. The van der Waals surface area contributed by atoms with E-state index in [9.17, 15) is 14.4 Å². The summed E-state index contributed by atoms with van der Waals surface area (Å²) in [6.07, 6.45) is 0. The minimum absolute atomic E-state index is 0.237. The van der Waals surface area contributed by atoms with Gasteiger partial charge in [-0.05, 0) is 66.2 Å². The summed E-state index contributed by atoms with van der Waals surface area (Å²) in [5.74, 6) is -0.665. The second-order valence-electron chi connectivity index (χ2n) is 7.70. The van der Waals surface area contributed by atoms with E-state index in [0.717, 1.165) is 16.3 Å². The topological polar surface area (TPSA) is 96.5 Å². The molecule has 34 heavy (non-hydrogen) atoms. The summed E-state index contributed by atoms with van der Waals surface area (Å²) in [6, 6.07) is 27.0. The van der Waals surface area contributed by atoms with Gasteiger partial charge in [-0.15, -0.1) is 0 Å². The van der Waals surface area contributed by atoms with E-state index >= 15 is 0 Å². The van der Waals surface area contributed by atoms with Crippen LogP contribution in [0.25, 0.3) is 10.8 Å². The number of amides is 3. The van der Waals surface area contributed by atoms with Crippen LogP contribution in [-0.4, -0.2) is 24.3 Å². The summed E-state index contributed by atoms with van der Waals surface area (Å²) in [4.78, 5) is 36.7. The standard InChI is InChI=1S/C27H23N3O4/c1-18-5-4-8-22(15-18)26(32)28-23-12-9-20(10-13-23)27(33)30-29-25(31)17-34-24-14-11-19-6-2-3-7-21(19)16-24/h2-16H,17H2,1H3,(H,28,32)(H,29,31)(H,30,33). The zero-order valence-corrected chi connectivity index (χ0v) is 18.5. The smallest absolute Gasteiger partial charge is 0.276 e. The summed E-state index contributed by atoms with van der Waals surface area (Å²) < 4.78 is 5.51. The second kappa shape index (κ2) is 10.3. The summed E-state index contributed by atoms with van der Waals surface area (Å²) in [6.45, 7) is 1.67. The Balaban J connectivity index is 1.25. The van der Waals surface area contributed by atoms with Crippen molar-refractivity contribution in [3.05, 3.63) is 108 Å². The second-order valence-corrected chi connectivity index (χ2v) is 7.70. The number of rotatable bonds is 6. The lowest BCUT2D eigenvalue weighted by Gasteiger charge is -2.10. The summed E-state index contributed by atoms with van der Waals surface area (Å²) in [5, 5.41) is 4.87. The molecule has 0 saturated heterocycles. The zero-order chi connectivity index (χ0) is 23.9. The first-order chi connectivity index (χ1) is 16.5. The van der Waals surface area contributed by atoms with Crippen LogP contribution in [0.3, 0.4) is 0 Å². The van der Waals surface area contributed by atoms with Gasteiger partial charge in [-0.2, -0.15) is 0 Å². The Hall–Kier alpha value is -4.65. The van der Waals surface area contributed by atoms with Crippen LogP contribution in [0, 0.1) is 6.92 Å². The molecule has 170 valence electrons. The molecule has 0 heterocycles. The number of fused-ring (bicyclic) bond motifs is 1. The van der Waals surface area contributed by atoms with Crippen molar-refractivity contribution >= 4 is 34.2 Å². The molecular weight excluding hydrogens is 430 g/mol. The fraction of sp³-hybridized carbons (Fsp3) is 0.0741. The molecule has 0 spiro atoms.